The lowest BCUT2D eigenvalue weighted by molar-refractivity contribution is 0.153. The fraction of sp³-hybridized carbons (Fsp3) is 0.414. The summed E-state index contributed by atoms with van der Waals surface area (Å²) in [6.45, 7) is 10.6. The number of rotatable bonds is 14. The van der Waals surface area contributed by atoms with E-state index >= 15 is 0 Å². The standard InChI is InChI=1S/2C29H35N7O/c2*1-33-14-16-34(17-15-33)28-11-3-10-27-32-24(26(21-37)36(27)28)20-35(19-22-6-4-12-30-18-22)25-9-2-7-23-8-5-13-31-29(23)25/h2*3-6,8,10-13,18,25,37H,2,7,9,14-17,19-21H2,1H3/t2*25-/m00/s1. The lowest BCUT2D eigenvalue weighted by atomic mass is 9.90. The molecule has 74 heavy (non-hydrogen) atoms. The zero-order valence-electron chi connectivity index (χ0n) is 43.0. The molecule has 2 saturated heterocycles. The van der Waals surface area contributed by atoms with Gasteiger partial charge in [0.2, 0.25) is 0 Å². The Balaban J connectivity index is 0.000000159. The van der Waals surface area contributed by atoms with Crippen LogP contribution in [0.1, 0.15) is 94.2 Å². The van der Waals surface area contributed by atoms with Crippen molar-refractivity contribution in [1.82, 2.24) is 58.3 Å². The Labute approximate surface area is 434 Å². The maximum atomic E-state index is 10.6. The molecule has 2 N–H and O–H groups in total. The largest absolute Gasteiger partial charge is 0.390 e. The van der Waals surface area contributed by atoms with E-state index in [0.717, 1.165) is 161 Å². The number of imidazole rings is 2. The molecule has 0 spiro atoms. The Bertz CT molecular complexity index is 2900. The highest BCUT2D eigenvalue weighted by atomic mass is 16.3. The molecule has 0 bridgehead atoms. The van der Waals surface area contributed by atoms with E-state index < -0.39 is 0 Å². The molecule has 4 aliphatic rings. The fourth-order valence-electron chi connectivity index (χ4n) is 11.8. The van der Waals surface area contributed by atoms with E-state index in [1.807, 2.05) is 73.6 Å². The van der Waals surface area contributed by atoms with Crippen LogP contribution in [0, 0.1) is 0 Å². The summed E-state index contributed by atoms with van der Waals surface area (Å²) < 4.78 is 4.33. The summed E-state index contributed by atoms with van der Waals surface area (Å²) in [5.74, 6) is 2.22. The summed E-state index contributed by atoms with van der Waals surface area (Å²) in [4.78, 5) is 43.0. The van der Waals surface area contributed by atoms with Crippen molar-refractivity contribution in [3.63, 3.8) is 0 Å². The number of aromatic nitrogens is 8. The van der Waals surface area contributed by atoms with Gasteiger partial charge in [0.25, 0.3) is 0 Å². The number of hydrogen-bond acceptors (Lipinski definition) is 14. The van der Waals surface area contributed by atoms with Crippen LogP contribution in [-0.4, -0.2) is 135 Å². The van der Waals surface area contributed by atoms with Crippen LogP contribution in [0.4, 0.5) is 11.6 Å². The predicted molar refractivity (Wildman–Crippen MR) is 288 cm³/mol. The highest BCUT2D eigenvalue weighted by Crippen LogP contribution is 2.37. The SMILES string of the molecule is CN1CCN(c2cccc3nc(CN(Cc4cccnc4)[C@H]4CCCc5cccnc54)c(CO)n23)CC1.CN1CCN(c2cccc3nc(CN(Cc4cccnc4)[C@H]4CCCc5cccnc54)c(CO)n23)CC1. The van der Waals surface area contributed by atoms with Crippen LogP contribution in [0.3, 0.4) is 0 Å². The number of piperazine rings is 2. The molecule has 2 aliphatic heterocycles. The van der Waals surface area contributed by atoms with E-state index in [-0.39, 0.29) is 25.3 Å². The Kier molecular flexibility index (Phi) is 15.3. The van der Waals surface area contributed by atoms with Crippen molar-refractivity contribution in [3.8, 4) is 0 Å². The first kappa shape index (κ1) is 49.5. The lowest BCUT2D eigenvalue weighted by Gasteiger charge is -2.35. The first-order valence-electron chi connectivity index (χ1n) is 26.6. The van der Waals surface area contributed by atoms with Gasteiger partial charge in [0, 0.05) is 116 Å². The van der Waals surface area contributed by atoms with Crippen LogP contribution in [0.15, 0.2) is 122 Å². The summed E-state index contributed by atoms with van der Waals surface area (Å²) in [5, 5.41) is 21.2. The monoisotopic (exact) mass is 995 g/mol. The molecule has 0 saturated carbocycles. The number of hydrogen-bond donors (Lipinski definition) is 2. The maximum Gasteiger partial charge on any atom is 0.138 e. The topological polar surface area (TPSA) is 146 Å². The Morgan fingerprint density at radius 1 is 0.500 bits per heavy atom. The fourth-order valence-corrected chi connectivity index (χ4v) is 11.8. The maximum absolute atomic E-state index is 10.6. The van der Waals surface area contributed by atoms with Gasteiger partial charge >= 0.3 is 0 Å². The number of aliphatic hydroxyl groups is 2. The van der Waals surface area contributed by atoms with Gasteiger partial charge in [-0.15, -0.1) is 0 Å². The third-order valence-corrected chi connectivity index (χ3v) is 15.7. The quantitative estimate of drug-likeness (QED) is 0.117. The van der Waals surface area contributed by atoms with Gasteiger partial charge in [-0.2, -0.15) is 0 Å². The third-order valence-electron chi connectivity index (χ3n) is 15.7. The van der Waals surface area contributed by atoms with Crippen LogP contribution < -0.4 is 9.80 Å². The number of anilines is 2. The van der Waals surface area contributed by atoms with Crippen LogP contribution in [0.25, 0.3) is 11.3 Å². The molecule has 12 rings (SSSR count). The van der Waals surface area contributed by atoms with E-state index in [9.17, 15) is 10.2 Å². The first-order chi connectivity index (χ1) is 36.4. The van der Waals surface area contributed by atoms with Gasteiger partial charge in [-0.1, -0.05) is 36.4 Å². The molecule has 0 aromatic carbocycles. The minimum Gasteiger partial charge on any atom is -0.390 e. The number of aryl methyl sites for hydroxylation is 2. The van der Waals surface area contributed by atoms with Crippen molar-refractivity contribution in [1.29, 1.82) is 0 Å². The summed E-state index contributed by atoms with van der Waals surface area (Å²) in [7, 11) is 4.34. The van der Waals surface area contributed by atoms with Crippen molar-refractivity contribution in [2.75, 3.05) is 76.3 Å². The number of fused-ring (bicyclic) bond motifs is 4. The van der Waals surface area contributed by atoms with E-state index in [1.54, 1.807) is 0 Å². The van der Waals surface area contributed by atoms with Crippen molar-refractivity contribution < 1.29 is 10.2 Å². The van der Waals surface area contributed by atoms with Gasteiger partial charge in [-0.05, 0) is 123 Å². The molecule has 16 heteroatoms. The van der Waals surface area contributed by atoms with Gasteiger partial charge in [-0.3, -0.25) is 38.5 Å². The number of aliphatic hydroxyl groups excluding tert-OH is 2. The molecule has 2 atom stereocenters. The summed E-state index contributed by atoms with van der Waals surface area (Å²) in [5.41, 5.74) is 12.7. The van der Waals surface area contributed by atoms with Crippen molar-refractivity contribution >= 4 is 22.9 Å². The minimum absolute atomic E-state index is 0.0541. The van der Waals surface area contributed by atoms with Gasteiger partial charge in [0.05, 0.1) is 59.5 Å². The lowest BCUT2D eigenvalue weighted by Crippen LogP contribution is -2.45. The van der Waals surface area contributed by atoms with E-state index in [0.29, 0.717) is 13.1 Å². The molecule has 0 unspecified atom stereocenters. The Hall–Kier alpha value is -6.66. The molecule has 2 fully saturated rings. The molecule has 2 aliphatic carbocycles. The summed E-state index contributed by atoms with van der Waals surface area (Å²) in [6.07, 6.45) is 17.9. The average molecular weight is 995 g/mol. The second kappa shape index (κ2) is 22.8. The first-order valence-corrected chi connectivity index (χ1v) is 26.6. The van der Waals surface area contributed by atoms with E-state index in [4.69, 9.17) is 19.9 Å². The molecular formula is C58H70N14O2. The zero-order valence-corrected chi connectivity index (χ0v) is 43.0. The van der Waals surface area contributed by atoms with Gasteiger partial charge in [0.1, 0.15) is 22.9 Å². The molecule has 16 nitrogen and oxygen atoms in total. The van der Waals surface area contributed by atoms with Gasteiger partial charge in [0.15, 0.2) is 0 Å². The smallest absolute Gasteiger partial charge is 0.138 e. The molecule has 8 aromatic rings. The highest BCUT2D eigenvalue weighted by molar-refractivity contribution is 5.56. The molecular weight excluding hydrogens is 925 g/mol. The van der Waals surface area contributed by atoms with Crippen LogP contribution in [0.2, 0.25) is 0 Å². The van der Waals surface area contributed by atoms with E-state index in [2.05, 4.69) is 111 Å². The number of nitrogens with zero attached hydrogens (tertiary/aromatic N) is 14. The predicted octanol–water partition coefficient (Wildman–Crippen LogP) is 6.90. The van der Waals surface area contributed by atoms with Crippen molar-refractivity contribution in [2.45, 2.75) is 90.0 Å². The second-order valence-corrected chi connectivity index (χ2v) is 20.5. The Morgan fingerprint density at radius 3 is 1.34 bits per heavy atom. The van der Waals surface area contributed by atoms with Crippen molar-refractivity contribution in [2.24, 2.45) is 0 Å². The third kappa shape index (κ3) is 10.7. The van der Waals surface area contributed by atoms with E-state index in [1.165, 1.54) is 22.5 Å². The second-order valence-electron chi connectivity index (χ2n) is 20.5. The molecule has 8 aromatic heterocycles. The Morgan fingerprint density at radius 2 is 0.932 bits per heavy atom. The number of likely N-dealkylation sites (N-methyl/N-ethyl adjacent to an activating group) is 2. The average Bonchev–Trinajstić information content (AvgIpc) is 4.01. The minimum atomic E-state index is -0.0541. The van der Waals surface area contributed by atoms with Crippen LogP contribution >= 0.6 is 0 Å². The zero-order chi connectivity index (χ0) is 50.4. The van der Waals surface area contributed by atoms with Gasteiger partial charge in [-0.25, -0.2) is 9.97 Å². The number of pyridine rings is 6. The molecule has 0 radical (unpaired) electrons. The summed E-state index contributed by atoms with van der Waals surface area (Å²) in [6, 6.07) is 29.7. The molecule has 0 amide bonds. The highest BCUT2D eigenvalue weighted by Gasteiger charge is 2.32. The van der Waals surface area contributed by atoms with Crippen LogP contribution in [0.5, 0.6) is 0 Å². The van der Waals surface area contributed by atoms with Gasteiger partial charge < -0.3 is 29.8 Å². The molecule has 384 valence electrons. The summed E-state index contributed by atoms with van der Waals surface area (Å²) >= 11 is 0. The normalized spacial score (nSPS) is 18.5. The van der Waals surface area contributed by atoms with Crippen LogP contribution in [-0.2, 0) is 52.2 Å². The molecule has 10 heterocycles. The van der Waals surface area contributed by atoms with Crippen molar-refractivity contribution in [3.05, 3.63) is 179 Å².